The van der Waals surface area contributed by atoms with E-state index in [1.54, 1.807) is 0 Å². The van der Waals surface area contributed by atoms with Crippen LogP contribution >= 0.6 is 0 Å². The maximum atomic E-state index is 2.60. The Hall–Kier alpha value is -8.20. The predicted molar refractivity (Wildman–Crippen MR) is 304 cm³/mol. The first kappa shape index (κ1) is 44.0. The highest BCUT2D eigenvalue weighted by molar-refractivity contribution is 6.23. The third-order valence-electron chi connectivity index (χ3n) is 15.3. The summed E-state index contributed by atoms with van der Waals surface area (Å²) in [7, 11) is 0. The summed E-state index contributed by atoms with van der Waals surface area (Å²) in [6, 6.07) is 89.5. The molecule has 0 aromatic heterocycles. The van der Waals surface area contributed by atoms with Crippen molar-refractivity contribution in [3.05, 3.63) is 254 Å². The van der Waals surface area contributed by atoms with Crippen LogP contribution in [0.3, 0.4) is 0 Å². The first-order valence-corrected chi connectivity index (χ1v) is 25.1. The summed E-state index contributed by atoms with van der Waals surface area (Å²) in [5.41, 5.74) is 16.1. The molecule has 11 aromatic carbocycles. The highest BCUT2D eigenvalue weighted by Gasteiger charge is 2.59. The molecule has 0 amide bonds. The molecule has 0 saturated heterocycles. The summed E-state index contributed by atoms with van der Waals surface area (Å²) in [4.78, 5) is 4.93. The lowest BCUT2D eigenvalue weighted by atomic mass is 9.49. The number of benzene rings is 11. The number of para-hydroxylation sites is 2. The van der Waals surface area contributed by atoms with Crippen LogP contribution in [0.15, 0.2) is 243 Å². The first-order valence-electron chi connectivity index (χ1n) is 25.1. The second-order valence-corrected chi connectivity index (χ2v) is 21.3. The van der Waals surface area contributed by atoms with Gasteiger partial charge in [-0.25, -0.2) is 0 Å². The Balaban J connectivity index is 1.16. The average Bonchev–Trinajstić information content (AvgIpc) is 3.75. The Morgan fingerprint density at radius 1 is 0.282 bits per heavy atom. The van der Waals surface area contributed by atoms with E-state index in [-0.39, 0.29) is 10.8 Å². The number of fused-ring (bicyclic) bond motifs is 10. The molecule has 0 heterocycles. The fraction of sp³-hybridized carbons (Fsp3) is 0.130. The molecule has 0 bridgehead atoms. The van der Waals surface area contributed by atoms with Crippen LogP contribution < -0.4 is 9.80 Å². The smallest absolute Gasteiger partial charge is 0.0543 e. The molecule has 2 heteroatoms. The third kappa shape index (κ3) is 7.07. The van der Waals surface area contributed by atoms with Gasteiger partial charge in [0, 0.05) is 39.2 Å². The molecule has 0 atom stereocenters. The van der Waals surface area contributed by atoms with E-state index in [1.807, 2.05) is 0 Å². The normalized spacial score (nSPS) is 13.0. The standard InChI is InChI=1S/C69H58N2/c1-67(2,3)69(68(4,5)6)62-46-63(71(52-33-17-10-18-34-52)54-36-24-30-50(44-54)48-27-13-8-14-28-48)57-38-20-22-40-59(57)64(62)65-58-39-21-19-37-56(58)61-45-55(41-42-60(61)66(65)69)70(51-31-15-9-16-32-51)53-35-23-29-49(43-53)47-25-11-7-12-26-47/h7-46H,1-6H3. The lowest BCUT2D eigenvalue weighted by Crippen LogP contribution is -2.50. The molecule has 0 fully saturated rings. The van der Waals surface area contributed by atoms with Crippen molar-refractivity contribution in [1.82, 2.24) is 0 Å². The second kappa shape index (κ2) is 17.0. The zero-order valence-electron chi connectivity index (χ0n) is 41.5. The Bertz CT molecular complexity index is 3750. The Labute approximate surface area is 419 Å². The molecule has 1 aliphatic rings. The number of nitrogens with zero attached hydrogens (tertiary/aromatic N) is 2. The molecule has 344 valence electrons. The van der Waals surface area contributed by atoms with Crippen molar-refractivity contribution < 1.29 is 0 Å². The van der Waals surface area contributed by atoms with Crippen molar-refractivity contribution in [2.45, 2.75) is 47.0 Å². The van der Waals surface area contributed by atoms with Crippen LogP contribution in [0.5, 0.6) is 0 Å². The lowest BCUT2D eigenvalue weighted by molar-refractivity contribution is 0.0965. The molecule has 0 unspecified atom stereocenters. The minimum Gasteiger partial charge on any atom is -0.310 e. The number of rotatable bonds is 8. The van der Waals surface area contributed by atoms with Gasteiger partial charge >= 0.3 is 0 Å². The predicted octanol–water partition coefficient (Wildman–Crippen LogP) is 19.8. The topological polar surface area (TPSA) is 6.48 Å². The van der Waals surface area contributed by atoms with Gasteiger partial charge < -0.3 is 9.80 Å². The van der Waals surface area contributed by atoms with Crippen molar-refractivity contribution in [2.24, 2.45) is 10.8 Å². The molecular formula is C69H58N2. The highest BCUT2D eigenvalue weighted by atomic mass is 15.1. The van der Waals surface area contributed by atoms with E-state index in [4.69, 9.17) is 0 Å². The van der Waals surface area contributed by atoms with Gasteiger partial charge in [-0.15, -0.1) is 0 Å². The molecule has 0 saturated carbocycles. The number of hydrogen-bond acceptors (Lipinski definition) is 2. The SMILES string of the molecule is CC(C)(C)C1(C(C)(C)C)c2cc(N(c3ccccc3)c3cccc(-c4ccccc4)c3)c3ccccc3c2-c2c1c1ccc(N(c3ccccc3)c3cccc(-c4ccccc4)c3)cc1c1ccccc21. The van der Waals surface area contributed by atoms with Gasteiger partial charge in [-0.2, -0.15) is 0 Å². The first-order chi connectivity index (χ1) is 34.5. The van der Waals surface area contributed by atoms with E-state index in [0.717, 1.165) is 28.4 Å². The second-order valence-electron chi connectivity index (χ2n) is 21.3. The summed E-state index contributed by atoms with van der Waals surface area (Å²) in [5, 5.41) is 7.60. The summed E-state index contributed by atoms with van der Waals surface area (Å²) in [5.74, 6) is 0. The number of anilines is 6. The molecule has 2 nitrogen and oxygen atoms in total. The Morgan fingerprint density at radius 3 is 1.23 bits per heavy atom. The molecule has 11 aromatic rings. The van der Waals surface area contributed by atoms with Crippen molar-refractivity contribution in [3.63, 3.8) is 0 Å². The summed E-state index contributed by atoms with van der Waals surface area (Å²) >= 11 is 0. The Kier molecular flexibility index (Phi) is 10.6. The van der Waals surface area contributed by atoms with Crippen LogP contribution in [0.25, 0.3) is 65.7 Å². The van der Waals surface area contributed by atoms with Gasteiger partial charge in [0.2, 0.25) is 0 Å². The van der Waals surface area contributed by atoms with Gasteiger partial charge in [-0.1, -0.05) is 217 Å². The van der Waals surface area contributed by atoms with Gasteiger partial charge in [0.25, 0.3) is 0 Å². The van der Waals surface area contributed by atoms with E-state index in [1.165, 1.54) is 82.5 Å². The minimum atomic E-state index is -0.454. The molecule has 1 aliphatic carbocycles. The van der Waals surface area contributed by atoms with E-state index in [0.29, 0.717) is 0 Å². The summed E-state index contributed by atoms with van der Waals surface area (Å²) in [6.07, 6.45) is 0. The van der Waals surface area contributed by atoms with E-state index < -0.39 is 5.41 Å². The highest BCUT2D eigenvalue weighted by Crippen LogP contribution is 2.69. The largest absolute Gasteiger partial charge is 0.310 e. The van der Waals surface area contributed by atoms with E-state index >= 15 is 0 Å². The van der Waals surface area contributed by atoms with Crippen molar-refractivity contribution in [1.29, 1.82) is 0 Å². The molecular weight excluding hydrogens is 857 g/mol. The van der Waals surface area contributed by atoms with Crippen LogP contribution in [-0.2, 0) is 5.41 Å². The average molecular weight is 915 g/mol. The fourth-order valence-corrected chi connectivity index (χ4v) is 12.8. The molecule has 0 spiro atoms. The van der Waals surface area contributed by atoms with Crippen LogP contribution in [0.4, 0.5) is 34.1 Å². The van der Waals surface area contributed by atoms with Crippen LogP contribution in [-0.4, -0.2) is 0 Å². The van der Waals surface area contributed by atoms with Crippen molar-refractivity contribution in [2.75, 3.05) is 9.80 Å². The van der Waals surface area contributed by atoms with Gasteiger partial charge in [0.1, 0.15) is 0 Å². The Morgan fingerprint density at radius 2 is 0.690 bits per heavy atom. The molecule has 12 rings (SSSR count). The molecule has 0 radical (unpaired) electrons. The summed E-state index contributed by atoms with van der Waals surface area (Å²) in [6.45, 7) is 14.9. The van der Waals surface area contributed by atoms with Gasteiger partial charge in [-0.05, 0) is 149 Å². The van der Waals surface area contributed by atoms with Crippen molar-refractivity contribution in [3.8, 4) is 33.4 Å². The zero-order chi connectivity index (χ0) is 48.5. The number of hydrogen-bond donors (Lipinski definition) is 0. The van der Waals surface area contributed by atoms with E-state index in [9.17, 15) is 0 Å². The zero-order valence-corrected chi connectivity index (χ0v) is 41.5. The van der Waals surface area contributed by atoms with Gasteiger partial charge in [0.15, 0.2) is 0 Å². The fourth-order valence-electron chi connectivity index (χ4n) is 12.8. The monoisotopic (exact) mass is 914 g/mol. The maximum Gasteiger partial charge on any atom is 0.0543 e. The third-order valence-corrected chi connectivity index (χ3v) is 15.3. The van der Waals surface area contributed by atoms with Gasteiger partial charge in [0.05, 0.1) is 5.69 Å². The lowest BCUT2D eigenvalue weighted by Gasteiger charge is -2.53. The van der Waals surface area contributed by atoms with Crippen LogP contribution in [0.2, 0.25) is 0 Å². The van der Waals surface area contributed by atoms with Crippen LogP contribution in [0, 0.1) is 10.8 Å². The van der Waals surface area contributed by atoms with Gasteiger partial charge in [-0.3, -0.25) is 0 Å². The quantitative estimate of drug-likeness (QED) is 0.140. The maximum absolute atomic E-state index is 2.60. The minimum absolute atomic E-state index is 0.238. The molecule has 0 aliphatic heterocycles. The van der Waals surface area contributed by atoms with Crippen molar-refractivity contribution >= 4 is 66.4 Å². The van der Waals surface area contributed by atoms with Crippen LogP contribution in [0.1, 0.15) is 52.7 Å². The molecule has 71 heavy (non-hydrogen) atoms. The van der Waals surface area contributed by atoms with E-state index in [2.05, 4.69) is 294 Å². The molecule has 0 N–H and O–H groups in total. The summed E-state index contributed by atoms with van der Waals surface area (Å²) < 4.78 is 0.